The van der Waals surface area contributed by atoms with E-state index in [1.807, 2.05) is 0 Å². The van der Waals surface area contributed by atoms with Gasteiger partial charge in [-0.3, -0.25) is 0 Å². The first-order valence-electron chi connectivity index (χ1n) is 5.49. The van der Waals surface area contributed by atoms with E-state index in [0.29, 0.717) is 12.5 Å². The molecule has 0 aromatic heterocycles. The maximum Gasteiger partial charge on any atom is 0.419 e. The van der Waals surface area contributed by atoms with Gasteiger partial charge in [-0.15, -0.1) is 0 Å². The van der Waals surface area contributed by atoms with Crippen molar-refractivity contribution in [1.29, 1.82) is 0 Å². The fourth-order valence-corrected chi connectivity index (χ4v) is 1.27. The number of nitrogens with one attached hydrogen (secondary N) is 1. The Balaban J connectivity index is 2.87. The number of hydrogen-bond donors (Lipinski definition) is 2. The van der Waals surface area contributed by atoms with E-state index in [1.165, 1.54) is 6.07 Å². The van der Waals surface area contributed by atoms with E-state index in [-0.39, 0.29) is 12.2 Å². The summed E-state index contributed by atoms with van der Waals surface area (Å²) in [6.45, 7) is 3.41. The maximum atomic E-state index is 13.0. The van der Waals surface area contributed by atoms with Crippen LogP contribution in [-0.2, 0) is 6.18 Å². The van der Waals surface area contributed by atoms with Gasteiger partial charge in [0.2, 0.25) is 0 Å². The van der Waals surface area contributed by atoms with Crippen LogP contribution >= 0.6 is 0 Å². The molecule has 0 saturated heterocycles. The Labute approximate surface area is 103 Å². The van der Waals surface area contributed by atoms with E-state index < -0.39 is 23.2 Å². The first-order chi connectivity index (χ1) is 8.15. The molecular weight excluding hydrogens is 250 g/mol. The molecule has 0 radical (unpaired) electrons. The van der Waals surface area contributed by atoms with E-state index >= 15 is 0 Å². The highest BCUT2D eigenvalue weighted by atomic mass is 19.4. The maximum absolute atomic E-state index is 13.0. The minimum atomic E-state index is -4.73. The molecule has 18 heavy (non-hydrogen) atoms. The second-order valence-corrected chi connectivity index (χ2v) is 4.40. The second-order valence-electron chi connectivity index (χ2n) is 4.40. The molecule has 0 saturated carbocycles. The SMILES string of the molecule is CCC(C)(O)CNc1ccc(F)c(C(F)(F)F)c1. The quantitative estimate of drug-likeness (QED) is 0.818. The summed E-state index contributed by atoms with van der Waals surface area (Å²) in [4.78, 5) is 0. The van der Waals surface area contributed by atoms with Crippen LogP contribution in [0, 0.1) is 5.82 Å². The molecule has 1 aromatic carbocycles. The van der Waals surface area contributed by atoms with Crippen molar-refractivity contribution in [3.05, 3.63) is 29.6 Å². The van der Waals surface area contributed by atoms with Crippen LogP contribution in [0.25, 0.3) is 0 Å². The average molecular weight is 265 g/mol. The molecule has 0 spiro atoms. The van der Waals surface area contributed by atoms with Crippen molar-refractivity contribution < 1.29 is 22.7 Å². The Morgan fingerprint density at radius 1 is 1.28 bits per heavy atom. The van der Waals surface area contributed by atoms with Crippen LogP contribution < -0.4 is 5.32 Å². The van der Waals surface area contributed by atoms with Gasteiger partial charge in [0.25, 0.3) is 0 Å². The van der Waals surface area contributed by atoms with Gasteiger partial charge in [0.1, 0.15) is 5.82 Å². The number of benzene rings is 1. The third-order valence-electron chi connectivity index (χ3n) is 2.71. The number of rotatable bonds is 4. The van der Waals surface area contributed by atoms with Crippen LogP contribution in [0.1, 0.15) is 25.8 Å². The highest BCUT2D eigenvalue weighted by molar-refractivity contribution is 5.47. The van der Waals surface area contributed by atoms with Gasteiger partial charge < -0.3 is 10.4 Å². The Hall–Kier alpha value is -1.30. The Kier molecular flexibility index (Phi) is 4.21. The molecule has 0 aliphatic heterocycles. The van der Waals surface area contributed by atoms with Gasteiger partial charge in [-0.05, 0) is 31.5 Å². The molecule has 0 amide bonds. The van der Waals surface area contributed by atoms with E-state index in [9.17, 15) is 22.7 Å². The largest absolute Gasteiger partial charge is 0.419 e. The molecule has 1 aromatic rings. The smallest absolute Gasteiger partial charge is 0.388 e. The third-order valence-corrected chi connectivity index (χ3v) is 2.71. The van der Waals surface area contributed by atoms with E-state index in [1.54, 1.807) is 13.8 Å². The molecule has 2 N–H and O–H groups in total. The Bertz CT molecular complexity index is 415. The van der Waals surface area contributed by atoms with Crippen LogP contribution in [-0.4, -0.2) is 17.3 Å². The van der Waals surface area contributed by atoms with Gasteiger partial charge >= 0.3 is 6.18 Å². The topological polar surface area (TPSA) is 32.3 Å². The van der Waals surface area contributed by atoms with E-state index in [2.05, 4.69) is 5.32 Å². The summed E-state index contributed by atoms with van der Waals surface area (Å²) in [6.07, 6.45) is -4.28. The summed E-state index contributed by atoms with van der Waals surface area (Å²) in [6, 6.07) is 2.66. The molecule has 6 heteroatoms. The second kappa shape index (κ2) is 5.14. The zero-order valence-electron chi connectivity index (χ0n) is 10.1. The molecule has 102 valence electrons. The minimum Gasteiger partial charge on any atom is -0.388 e. The fourth-order valence-electron chi connectivity index (χ4n) is 1.27. The summed E-state index contributed by atoms with van der Waals surface area (Å²) in [5, 5.41) is 12.4. The highest BCUT2D eigenvalue weighted by Gasteiger charge is 2.34. The lowest BCUT2D eigenvalue weighted by molar-refractivity contribution is -0.139. The fraction of sp³-hybridized carbons (Fsp3) is 0.500. The van der Waals surface area contributed by atoms with Crippen molar-refractivity contribution in [2.24, 2.45) is 0 Å². The Morgan fingerprint density at radius 3 is 2.39 bits per heavy atom. The normalized spacial score (nSPS) is 15.3. The van der Waals surface area contributed by atoms with E-state index in [0.717, 1.165) is 6.07 Å². The number of anilines is 1. The molecule has 1 atom stereocenters. The summed E-state index contributed by atoms with van der Waals surface area (Å²) in [5.74, 6) is -1.31. The molecule has 0 aliphatic rings. The van der Waals surface area contributed by atoms with Gasteiger partial charge in [-0.1, -0.05) is 6.92 Å². The predicted molar refractivity (Wildman–Crippen MR) is 60.8 cm³/mol. The lowest BCUT2D eigenvalue weighted by atomic mass is 10.0. The van der Waals surface area contributed by atoms with Gasteiger partial charge in [0.15, 0.2) is 0 Å². The third kappa shape index (κ3) is 3.87. The van der Waals surface area contributed by atoms with Gasteiger partial charge in [-0.25, -0.2) is 4.39 Å². The first-order valence-corrected chi connectivity index (χ1v) is 5.49. The molecular formula is C12H15F4NO. The monoisotopic (exact) mass is 265 g/mol. The molecule has 2 nitrogen and oxygen atoms in total. The predicted octanol–water partition coefficient (Wildman–Crippen LogP) is 3.42. The standard InChI is InChI=1S/C12H15F4NO/c1-3-11(2,18)7-17-8-4-5-10(13)9(6-8)12(14,15)16/h4-6,17-18H,3,7H2,1-2H3. The lowest BCUT2D eigenvalue weighted by Gasteiger charge is -2.22. The van der Waals surface area contributed by atoms with E-state index in [4.69, 9.17) is 0 Å². The zero-order valence-corrected chi connectivity index (χ0v) is 10.1. The highest BCUT2D eigenvalue weighted by Crippen LogP contribution is 2.33. The molecule has 0 heterocycles. The van der Waals surface area contributed by atoms with Crippen molar-refractivity contribution in [2.45, 2.75) is 32.0 Å². The van der Waals surface area contributed by atoms with Gasteiger partial charge in [-0.2, -0.15) is 13.2 Å². The molecule has 1 unspecified atom stereocenters. The van der Waals surface area contributed by atoms with Gasteiger partial charge in [0, 0.05) is 12.2 Å². The lowest BCUT2D eigenvalue weighted by Crippen LogP contribution is -2.32. The van der Waals surface area contributed by atoms with Crippen LogP contribution in [0.2, 0.25) is 0 Å². The number of hydrogen-bond acceptors (Lipinski definition) is 2. The summed E-state index contributed by atoms with van der Waals surface area (Å²) >= 11 is 0. The molecule has 1 rings (SSSR count). The summed E-state index contributed by atoms with van der Waals surface area (Å²) < 4.78 is 50.4. The summed E-state index contributed by atoms with van der Waals surface area (Å²) in [5.41, 5.74) is -2.21. The zero-order chi connectivity index (χ0) is 14.0. The van der Waals surface area contributed by atoms with Gasteiger partial charge in [0.05, 0.1) is 11.2 Å². The summed E-state index contributed by atoms with van der Waals surface area (Å²) in [7, 11) is 0. The average Bonchev–Trinajstić information content (AvgIpc) is 2.26. The van der Waals surface area contributed by atoms with Crippen LogP contribution in [0.5, 0.6) is 0 Å². The Morgan fingerprint density at radius 2 is 1.89 bits per heavy atom. The number of halogens is 4. The number of aliphatic hydroxyl groups is 1. The van der Waals surface area contributed by atoms with Crippen molar-refractivity contribution in [3.63, 3.8) is 0 Å². The molecule has 0 bridgehead atoms. The van der Waals surface area contributed by atoms with Crippen molar-refractivity contribution in [1.82, 2.24) is 0 Å². The van der Waals surface area contributed by atoms with Crippen LogP contribution in [0.4, 0.5) is 23.2 Å². The minimum absolute atomic E-state index is 0.0897. The van der Waals surface area contributed by atoms with Crippen molar-refractivity contribution in [2.75, 3.05) is 11.9 Å². The van der Waals surface area contributed by atoms with Crippen molar-refractivity contribution >= 4 is 5.69 Å². The molecule has 0 aliphatic carbocycles. The number of alkyl halides is 3. The first kappa shape index (κ1) is 14.8. The van der Waals surface area contributed by atoms with Crippen LogP contribution in [0.3, 0.4) is 0 Å². The van der Waals surface area contributed by atoms with Crippen molar-refractivity contribution in [3.8, 4) is 0 Å². The molecule has 0 fully saturated rings. The van der Waals surface area contributed by atoms with Crippen LogP contribution in [0.15, 0.2) is 18.2 Å².